The number of anilines is 2. The van der Waals surface area contributed by atoms with Gasteiger partial charge in [-0.1, -0.05) is 13.8 Å². The Labute approximate surface area is 91.4 Å². The van der Waals surface area contributed by atoms with E-state index in [0.717, 1.165) is 10.3 Å². The number of hydrogen-bond donors (Lipinski definition) is 2. The van der Waals surface area contributed by atoms with Crippen molar-refractivity contribution in [3.8, 4) is 0 Å². The molecule has 0 spiro atoms. The lowest BCUT2D eigenvalue weighted by Gasteiger charge is -2.09. The molecule has 0 amide bonds. The number of rotatable bonds is 2. The monoisotopic (exact) mass is 256 g/mol. The van der Waals surface area contributed by atoms with Crippen molar-refractivity contribution in [2.75, 3.05) is 11.1 Å². The van der Waals surface area contributed by atoms with Crippen molar-refractivity contribution >= 4 is 27.6 Å². The first kappa shape index (κ1) is 9.71. The molecule has 1 aliphatic carbocycles. The van der Waals surface area contributed by atoms with E-state index in [1.807, 2.05) is 0 Å². The topological polar surface area (TPSA) is 63.8 Å². The van der Waals surface area contributed by atoms with E-state index in [4.69, 9.17) is 5.73 Å². The standard InChI is InChI=1S/C9H13BrN4/c1-9(2)3-5(9)14-8-6(10)7(11)12-4-13-8/h4-5H,3H2,1-2H3,(H3,11,12,13,14). The average molecular weight is 257 g/mol. The van der Waals surface area contributed by atoms with E-state index in [2.05, 4.69) is 45.1 Å². The van der Waals surface area contributed by atoms with Gasteiger partial charge in [0.25, 0.3) is 0 Å². The highest BCUT2D eigenvalue weighted by Crippen LogP contribution is 2.47. The van der Waals surface area contributed by atoms with Crippen LogP contribution in [0.5, 0.6) is 0 Å². The zero-order valence-electron chi connectivity index (χ0n) is 8.21. The summed E-state index contributed by atoms with van der Waals surface area (Å²) < 4.78 is 0.753. The van der Waals surface area contributed by atoms with Gasteiger partial charge in [-0.2, -0.15) is 0 Å². The van der Waals surface area contributed by atoms with Crippen molar-refractivity contribution in [2.24, 2.45) is 5.41 Å². The summed E-state index contributed by atoms with van der Waals surface area (Å²) in [6.07, 6.45) is 2.64. The second-order valence-electron chi connectivity index (χ2n) is 4.31. The van der Waals surface area contributed by atoms with Gasteiger partial charge in [0.05, 0.1) is 0 Å². The molecule has 14 heavy (non-hydrogen) atoms. The molecule has 2 rings (SSSR count). The summed E-state index contributed by atoms with van der Waals surface area (Å²) >= 11 is 3.36. The van der Waals surface area contributed by atoms with Crippen molar-refractivity contribution in [3.05, 3.63) is 10.8 Å². The molecule has 76 valence electrons. The first-order chi connectivity index (χ1) is 6.50. The Kier molecular flexibility index (Phi) is 2.14. The first-order valence-corrected chi connectivity index (χ1v) is 5.32. The van der Waals surface area contributed by atoms with Crippen LogP contribution in [0.25, 0.3) is 0 Å². The van der Waals surface area contributed by atoms with Crippen molar-refractivity contribution < 1.29 is 0 Å². The van der Waals surface area contributed by atoms with Crippen LogP contribution in [0.15, 0.2) is 10.8 Å². The third-order valence-corrected chi connectivity index (χ3v) is 3.42. The Morgan fingerprint density at radius 2 is 2.21 bits per heavy atom. The van der Waals surface area contributed by atoms with Gasteiger partial charge in [-0.15, -0.1) is 0 Å². The van der Waals surface area contributed by atoms with Crippen LogP contribution in [-0.4, -0.2) is 16.0 Å². The number of halogens is 1. The Balaban J connectivity index is 2.14. The summed E-state index contributed by atoms with van der Waals surface area (Å²) in [5.74, 6) is 1.26. The molecule has 5 heteroatoms. The Morgan fingerprint density at radius 1 is 1.57 bits per heavy atom. The molecule has 0 aliphatic heterocycles. The lowest BCUT2D eigenvalue weighted by Crippen LogP contribution is -2.11. The van der Waals surface area contributed by atoms with Crippen LogP contribution < -0.4 is 11.1 Å². The number of nitrogens with one attached hydrogen (secondary N) is 1. The quantitative estimate of drug-likeness (QED) is 0.850. The maximum Gasteiger partial charge on any atom is 0.146 e. The molecule has 0 radical (unpaired) electrons. The summed E-state index contributed by atoms with van der Waals surface area (Å²) in [5.41, 5.74) is 6.02. The van der Waals surface area contributed by atoms with Gasteiger partial charge in [-0.25, -0.2) is 9.97 Å². The summed E-state index contributed by atoms with van der Waals surface area (Å²) in [5, 5.41) is 3.34. The zero-order valence-corrected chi connectivity index (χ0v) is 9.80. The van der Waals surface area contributed by atoms with Gasteiger partial charge < -0.3 is 11.1 Å². The normalized spacial score (nSPS) is 23.2. The SMILES string of the molecule is CC1(C)CC1Nc1ncnc(N)c1Br. The van der Waals surface area contributed by atoms with E-state index < -0.39 is 0 Å². The molecule has 1 aromatic rings. The molecule has 0 bridgehead atoms. The van der Waals surface area contributed by atoms with Crippen molar-refractivity contribution in [3.63, 3.8) is 0 Å². The minimum atomic E-state index is 0.374. The molecule has 1 atom stereocenters. The van der Waals surface area contributed by atoms with Gasteiger partial charge in [0.15, 0.2) is 0 Å². The second-order valence-corrected chi connectivity index (χ2v) is 5.10. The van der Waals surface area contributed by atoms with Gasteiger partial charge in [0, 0.05) is 6.04 Å². The number of nitrogens with zero attached hydrogens (tertiary/aromatic N) is 2. The van der Waals surface area contributed by atoms with Crippen molar-refractivity contribution in [2.45, 2.75) is 26.3 Å². The van der Waals surface area contributed by atoms with E-state index >= 15 is 0 Å². The van der Waals surface area contributed by atoms with E-state index in [-0.39, 0.29) is 0 Å². The van der Waals surface area contributed by atoms with Crippen LogP contribution in [0.2, 0.25) is 0 Å². The number of hydrogen-bond acceptors (Lipinski definition) is 4. The molecule has 0 aromatic carbocycles. The third kappa shape index (κ3) is 1.68. The van der Waals surface area contributed by atoms with Crippen LogP contribution >= 0.6 is 15.9 Å². The third-order valence-electron chi connectivity index (χ3n) is 2.64. The fraction of sp³-hybridized carbons (Fsp3) is 0.556. The predicted octanol–water partition coefficient (Wildman–Crippen LogP) is 2.03. The molecular formula is C9H13BrN4. The lowest BCUT2D eigenvalue weighted by molar-refractivity contribution is 0.629. The molecule has 1 heterocycles. The maximum atomic E-state index is 5.65. The minimum Gasteiger partial charge on any atom is -0.383 e. The fourth-order valence-corrected chi connectivity index (χ4v) is 1.68. The van der Waals surface area contributed by atoms with Crippen LogP contribution in [-0.2, 0) is 0 Å². The second kappa shape index (κ2) is 3.08. The number of nitrogen functional groups attached to an aromatic ring is 1. The summed E-state index contributed by atoms with van der Waals surface area (Å²) in [4.78, 5) is 8.02. The van der Waals surface area contributed by atoms with Crippen LogP contribution in [0.3, 0.4) is 0 Å². The highest BCUT2D eigenvalue weighted by molar-refractivity contribution is 9.10. The highest BCUT2D eigenvalue weighted by Gasteiger charge is 2.46. The highest BCUT2D eigenvalue weighted by atomic mass is 79.9. The molecule has 1 aromatic heterocycles. The fourth-order valence-electron chi connectivity index (χ4n) is 1.36. The van der Waals surface area contributed by atoms with E-state index in [0.29, 0.717) is 17.3 Å². The van der Waals surface area contributed by atoms with Crippen LogP contribution in [0.4, 0.5) is 11.6 Å². The van der Waals surface area contributed by atoms with Gasteiger partial charge in [-0.05, 0) is 27.8 Å². The van der Waals surface area contributed by atoms with Crippen LogP contribution in [0.1, 0.15) is 20.3 Å². The summed E-state index contributed by atoms with van der Waals surface area (Å²) in [6.45, 7) is 4.45. The molecule has 1 saturated carbocycles. The number of aromatic nitrogens is 2. The molecule has 0 saturated heterocycles. The average Bonchev–Trinajstić information content (AvgIpc) is 2.68. The Bertz CT molecular complexity index is 364. The smallest absolute Gasteiger partial charge is 0.146 e. The molecular weight excluding hydrogens is 244 g/mol. The van der Waals surface area contributed by atoms with E-state index in [1.165, 1.54) is 12.7 Å². The Hall–Kier alpha value is -0.840. The molecule has 3 N–H and O–H groups in total. The van der Waals surface area contributed by atoms with Gasteiger partial charge in [0.1, 0.15) is 22.4 Å². The van der Waals surface area contributed by atoms with Gasteiger partial charge in [0.2, 0.25) is 0 Å². The van der Waals surface area contributed by atoms with E-state index in [1.54, 1.807) is 0 Å². The summed E-state index contributed by atoms with van der Waals surface area (Å²) in [6, 6.07) is 0.494. The van der Waals surface area contributed by atoms with Gasteiger partial charge in [-0.3, -0.25) is 0 Å². The van der Waals surface area contributed by atoms with Crippen molar-refractivity contribution in [1.82, 2.24) is 9.97 Å². The zero-order chi connectivity index (χ0) is 10.3. The Morgan fingerprint density at radius 3 is 2.79 bits per heavy atom. The molecule has 1 fully saturated rings. The predicted molar refractivity (Wildman–Crippen MR) is 60.0 cm³/mol. The van der Waals surface area contributed by atoms with Gasteiger partial charge >= 0.3 is 0 Å². The largest absolute Gasteiger partial charge is 0.383 e. The number of nitrogens with two attached hydrogens (primary N) is 1. The minimum absolute atomic E-state index is 0.374. The van der Waals surface area contributed by atoms with E-state index in [9.17, 15) is 0 Å². The first-order valence-electron chi connectivity index (χ1n) is 4.53. The van der Waals surface area contributed by atoms with Crippen LogP contribution in [0, 0.1) is 5.41 Å². The lowest BCUT2D eigenvalue weighted by atomic mass is 10.2. The molecule has 1 aliphatic rings. The maximum absolute atomic E-state index is 5.65. The molecule has 1 unspecified atom stereocenters. The summed E-state index contributed by atoms with van der Waals surface area (Å²) in [7, 11) is 0. The molecule has 4 nitrogen and oxygen atoms in total. The van der Waals surface area contributed by atoms with Crippen molar-refractivity contribution in [1.29, 1.82) is 0 Å².